The van der Waals surface area contributed by atoms with Gasteiger partial charge >= 0.3 is 0 Å². The third-order valence-electron chi connectivity index (χ3n) is 2.40. The highest BCUT2D eigenvalue weighted by atomic mass is 16.5. The van der Waals surface area contributed by atoms with Crippen molar-refractivity contribution < 1.29 is 9.53 Å². The Morgan fingerprint density at radius 3 is 2.71 bits per heavy atom. The smallest absolute Gasteiger partial charge is 0.137 e. The van der Waals surface area contributed by atoms with E-state index in [2.05, 4.69) is 0 Å². The van der Waals surface area contributed by atoms with Gasteiger partial charge in [-0.2, -0.15) is 0 Å². The van der Waals surface area contributed by atoms with Gasteiger partial charge in [-0.05, 0) is 31.0 Å². The SMILES string of the molecule is CCC(C(C)=O)c1cccc(OC)c1. The van der Waals surface area contributed by atoms with E-state index in [1.807, 2.05) is 31.2 Å². The number of carbonyl (C=O) groups excluding carboxylic acids is 1. The summed E-state index contributed by atoms with van der Waals surface area (Å²) >= 11 is 0. The number of ketones is 1. The van der Waals surface area contributed by atoms with Gasteiger partial charge in [0.05, 0.1) is 7.11 Å². The van der Waals surface area contributed by atoms with E-state index < -0.39 is 0 Å². The van der Waals surface area contributed by atoms with Gasteiger partial charge in [0, 0.05) is 5.92 Å². The average molecular weight is 192 g/mol. The van der Waals surface area contributed by atoms with E-state index in [0.29, 0.717) is 0 Å². The Labute approximate surface area is 84.9 Å². The first-order valence-electron chi connectivity index (χ1n) is 4.83. The van der Waals surface area contributed by atoms with Gasteiger partial charge in [0.1, 0.15) is 11.5 Å². The summed E-state index contributed by atoms with van der Waals surface area (Å²) in [7, 11) is 1.63. The molecule has 0 spiro atoms. The molecule has 14 heavy (non-hydrogen) atoms. The monoisotopic (exact) mass is 192 g/mol. The molecule has 0 radical (unpaired) electrons. The van der Waals surface area contributed by atoms with Crippen LogP contribution in [0.2, 0.25) is 0 Å². The van der Waals surface area contributed by atoms with Crippen LogP contribution in [0.5, 0.6) is 5.75 Å². The van der Waals surface area contributed by atoms with Crippen LogP contribution < -0.4 is 4.74 Å². The van der Waals surface area contributed by atoms with E-state index in [1.165, 1.54) is 0 Å². The van der Waals surface area contributed by atoms with Crippen LogP contribution in [0.25, 0.3) is 0 Å². The molecule has 1 aromatic rings. The Bertz CT molecular complexity index is 318. The van der Waals surface area contributed by atoms with Gasteiger partial charge in [0.2, 0.25) is 0 Å². The predicted octanol–water partition coefficient (Wildman–Crippen LogP) is 2.78. The summed E-state index contributed by atoms with van der Waals surface area (Å²) in [6.45, 7) is 3.65. The van der Waals surface area contributed by atoms with E-state index in [0.717, 1.165) is 17.7 Å². The molecule has 0 saturated carbocycles. The Morgan fingerprint density at radius 2 is 2.21 bits per heavy atom. The summed E-state index contributed by atoms with van der Waals surface area (Å²) in [5, 5.41) is 0. The summed E-state index contributed by atoms with van der Waals surface area (Å²) < 4.78 is 5.12. The highest BCUT2D eigenvalue weighted by molar-refractivity contribution is 5.83. The predicted molar refractivity (Wildman–Crippen MR) is 56.7 cm³/mol. The third kappa shape index (κ3) is 2.34. The lowest BCUT2D eigenvalue weighted by Crippen LogP contribution is -2.07. The number of methoxy groups -OCH3 is 1. The quantitative estimate of drug-likeness (QED) is 0.733. The molecule has 76 valence electrons. The minimum Gasteiger partial charge on any atom is -0.497 e. The second kappa shape index (κ2) is 4.80. The number of benzene rings is 1. The van der Waals surface area contributed by atoms with Crippen LogP contribution >= 0.6 is 0 Å². The van der Waals surface area contributed by atoms with Gasteiger partial charge in [-0.15, -0.1) is 0 Å². The molecule has 0 N–H and O–H groups in total. The van der Waals surface area contributed by atoms with Gasteiger partial charge in [-0.3, -0.25) is 4.79 Å². The van der Waals surface area contributed by atoms with E-state index in [-0.39, 0.29) is 11.7 Å². The maximum atomic E-state index is 11.3. The normalized spacial score (nSPS) is 12.2. The molecule has 0 fully saturated rings. The fraction of sp³-hybridized carbons (Fsp3) is 0.417. The Balaban J connectivity index is 2.98. The van der Waals surface area contributed by atoms with Crippen molar-refractivity contribution >= 4 is 5.78 Å². The zero-order valence-corrected chi connectivity index (χ0v) is 8.91. The number of ether oxygens (including phenoxy) is 1. The second-order valence-electron chi connectivity index (χ2n) is 3.35. The van der Waals surface area contributed by atoms with Crippen molar-refractivity contribution in [2.24, 2.45) is 0 Å². The van der Waals surface area contributed by atoms with Gasteiger partial charge in [0.25, 0.3) is 0 Å². The largest absolute Gasteiger partial charge is 0.497 e. The standard InChI is InChI=1S/C12H16O2/c1-4-12(9(2)13)10-6-5-7-11(8-10)14-3/h5-8,12H,4H2,1-3H3. The van der Waals surface area contributed by atoms with Crippen LogP contribution in [0, 0.1) is 0 Å². The van der Waals surface area contributed by atoms with Gasteiger partial charge in [0.15, 0.2) is 0 Å². The summed E-state index contributed by atoms with van der Waals surface area (Å²) in [6.07, 6.45) is 0.836. The Hall–Kier alpha value is -1.31. The first-order chi connectivity index (χ1) is 6.69. The third-order valence-corrected chi connectivity index (χ3v) is 2.40. The van der Waals surface area contributed by atoms with Gasteiger partial charge < -0.3 is 4.74 Å². The summed E-state index contributed by atoms with van der Waals surface area (Å²) in [5.74, 6) is 1.02. The van der Waals surface area contributed by atoms with E-state index in [1.54, 1.807) is 14.0 Å². The van der Waals surface area contributed by atoms with Crippen LogP contribution in [0.15, 0.2) is 24.3 Å². The molecule has 2 nitrogen and oxygen atoms in total. The Kier molecular flexibility index (Phi) is 3.69. The first-order valence-corrected chi connectivity index (χ1v) is 4.83. The fourth-order valence-electron chi connectivity index (χ4n) is 1.62. The van der Waals surface area contributed by atoms with Crippen LogP contribution in [0.3, 0.4) is 0 Å². The number of hydrogen-bond donors (Lipinski definition) is 0. The van der Waals surface area contributed by atoms with Crippen molar-refractivity contribution in [2.45, 2.75) is 26.2 Å². The minimum atomic E-state index is 0.00472. The zero-order chi connectivity index (χ0) is 10.6. The molecular weight excluding hydrogens is 176 g/mol. The fourth-order valence-corrected chi connectivity index (χ4v) is 1.62. The molecule has 1 rings (SSSR count). The first kappa shape index (κ1) is 10.8. The molecule has 0 bridgehead atoms. The van der Waals surface area contributed by atoms with E-state index >= 15 is 0 Å². The van der Waals surface area contributed by atoms with Crippen LogP contribution in [0.1, 0.15) is 31.7 Å². The minimum absolute atomic E-state index is 0.00472. The summed E-state index contributed by atoms with van der Waals surface area (Å²) in [6, 6.07) is 7.70. The van der Waals surface area contributed by atoms with Crippen LogP contribution in [-0.4, -0.2) is 12.9 Å². The summed E-state index contributed by atoms with van der Waals surface area (Å²) in [5.41, 5.74) is 1.04. The van der Waals surface area contributed by atoms with Gasteiger partial charge in [-0.1, -0.05) is 19.1 Å². The number of hydrogen-bond acceptors (Lipinski definition) is 2. The lowest BCUT2D eigenvalue weighted by Gasteiger charge is -2.12. The van der Waals surface area contributed by atoms with Crippen LogP contribution in [-0.2, 0) is 4.79 Å². The van der Waals surface area contributed by atoms with E-state index in [4.69, 9.17) is 4.74 Å². The molecule has 1 aromatic carbocycles. The van der Waals surface area contributed by atoms with E-state index in [9.17, 15) is 4.79 Å². The molecule has 1 atom stereocenters. The molecule has 1 unspecified atom stereocenters. The number of carbonyl (C=O) groups is 1. The molecule has 0 aliphatic carbocycles. The molecular formula is C12H16O2. The molecule has 0 aliphatic rings. The molecule has 2 heteroatoms. The van der Waals surface area contributed by atoms with Crippen molar-refractivity contribution in [3.8, 4) is 5.75 Å². The highest BCUT2D eigenvalue weighted by Gasteiger charge is 2.14. The molecule has 0 amide bonds. The highest BCUT2D eigenvalue weighted by Crippen LogP contribution is 2.23. The summed E-state index contributed by atoms with van der Waals surface area (Å²) in [4.78, 5) is 11.3. The molecule has 0 aromatic heterocycles. The maximum Gasteiger partial charge on any atom is 0.137 e. The average Bonchev–Trinajstić information content (AvgIpc) is 2.19. The molecule has 0 heterocycles. The topological polar surface area (TPSA) is 26.3 Å². The molecule has 0 saturated heterocycles. The number of rotatable bonds is 4. The molecule has 0 aliphatic heterocycles. The second-order valence-corrected chi connectivity index (χ2v) is 3.35. The lowest BCUT2D eigenvalue weighted by molar-refractivity contribution is -0.118. The van der Waals surface area contributed by atoms with Crippen molar-refractivity contribution in [3.63, 3.8) is 0 Å². The Morgan fingerprint density at radius 1 is 1.50 bits per heavy atom. The van der Waals surface area contributed by atoms with Crippen LogP contribution in [0.4, 0.5) is 0 Å². The lowest BCUT2D eigenvalue weighted by atomic mass is 9.93. The van der Waals surface area contributed by atoms with Crippen molar-refractivity contribution in [1.29, 1.82) is 0 Å². The van der Waals surface area contributed by atoms with Crippen molar-refractivity contribution in [2.75, 3.05) is 7.11 Å². The maximum absolute atomic E-state index is 11.3. The van der Waals surface area contributed by atoms with Crippen molar-refractivity contribution in [1.82, 2.24) is 0 Å². The number of Topliss-reactive ketones (excluding diaryl/α,β-unsaturated/α-hetero) is 1. The van der Waals surface area contributed by atoms with Crippen molar-refractivity contribution in [3.05, 3.63) is 29.8 Å². The van der Waals surface area contributed by atoms with Gasteiger partial charge in [-0.25, -0.2) is 0 Å². The zero-order valence-electron chi connectivity index (χ0n) is 8.91.